The Labute approximate surface area is 266 Å². The van der Waals surface area contributed by atoms with E-state index in [1.54, 1.807) is 5.57 Å². The van der Waals surface area contributed by atoms with Gasteiger partial charge >= 0.3 is 0 Å². The first-order chi connectivity index (χ1) is 19.7. The summed E-state index contributed by atoms with van der Waals surface area (Å²) in [6, 6.07) is 10.2. The number of ketones is 1. The highest BCUT2D eigenvalue weighted by Crippen LogP contribution is 2.67. The van der Waals surface area contributed by atoms with Crippen LogP contribution in [0.5, 0.6) is 0 Å². The average Bonchev–Trinajstić information content (AvgIpc) is 3.57. The first kappa shape index (κ1) is 31.7. The van der Waals surface area contributed by atoms with Crippen molar-refractivity contribution >= 4 is 5.78 Å². The van der Waals surface area contributed by atoms with E-state index in [-0.39, 0.29) is 22.8 Å². The number of Topliss-reactive ketones (excluding diaryl/α,β-unsaturated/α-hetero) is 1. The van der Waals surface area contributed by atoms with Crippen LogP contribution in [0.15, 0.2) is 60.7 Å². The van der Waals surface area contributed by atoms with E-state index in [0.717, 1.165) is 41.1 Å². The quantitative estimate of drug-likeness (QED) is 0.182. The third-order valence-corrected chi connectivity index (χ3v) is 12.8. The summed E-state index contributed by atoms with van der Waals surface area (Å²) in [5, 5.41) is 0. The van der Waals surface area contributed by atoms with E-state index in [4.69, 9.17) is 0 Å². The normalized spacial score (nSPS) is 34.5. The molecule has 0 spiro atoms. The molecule has 3 fully saturated rings. The van der Waals surface area contributed by atoms with Gasteiger partial charge in [0, 0.05) is 12.0 Å². The number of fused-ring (bicyclic) bond motifs is 5. The van der Waals surface area contributed by atoms with Crippen molar-refractivity contribution in [1.29, 1.82) is 0 Å². The van der Waals surface area contributed by atoms with Gasteiger partial charge in [0.1, 0.15) is 18.4 Å². The standard InChI is InChI=1S/C38H55N2O.BrH/c1-27(2)10-9-11-28(3)33-16-17-34-32-15-14-30-24-31(18-20-37(30,4)35(32)19-21-38(33,34)5)40-23-22-39(26-40)25-36(41)29-12-7-6-8-13-29;/h6-8,12-14,22-23,26-28,31-35H,9-11,15-21,24-25H2,1-5H3;1H/q+1;/p-1/t28-,31-,32+,33-,34+,35+,37+,38-;/m1./s1. The molecule has 2 aromatic rings. The van der Waals surface area contributed by atoms with E-state index in [0.29, 0.717) is 23.4 Å². The maximum atomic E-state index is 12.8. The van der Waals surface area contributed by atoms with Crippen molar-refractivity contribution in [2.45, 2.75) is 118 Å². The molecule has 4 aliphatic rings. The second-order valence-corrected chi connectivity index (χ2v) is 15.5. The van der Waals surface area contributed by atoms with E-state index in [2.05, 4.69) is 68.5 Å². The molecule has 0 bridgehead atoms. The molecule has 1 heterocycles. The molecule has 0 saturated heterocycles. The van der Waals surface area contributed by atoms with Crippen LogP contribution < -0.4 is 21.5 Å². The molecule has 1 aromatic carbocycles. The lowest BCUT2D eigenvalue weighted by molar-refractivity contribution is -0.682. The Hall–Kier alpha value is -1.68. The Morgan fingerprint density at radius 1 is 1.00 bits per heavy atom. The fourth-order valence-corrected chi connectivity index (χ4v) is 10.5. The van der Waals surface area contributed by atoms with Crippen molar-refractivity contribution in [2.75, 3.05) is 0 Å². The van der Waals surface area contributed by atoms with Crippen LogP contribution in [-0.4, -0.2) is 10.4 Å². The molecule has 0 amide bonds. The minimum absolute atomic E-state index is 0. The van der Waals surface area contributed by atoms with Crippen LogP contribution in [0.1, 0.15) is 122 Å². The van der Waals surface area contributed by atoms with Crippen molar-refractivity contribution in [2.24, 2.45) is 46.3 Å². The number of carbonyl (C=O) groups is 1. The van der Waals surface area contributed by atoms with Crippen LogP contribution in [0, 0.1) is 46.3 Å². The zero-order valence-electron chi connectivity index (χ0n) is 26.9. The third-order valence-electron chi connectivity index (χ3n) is 12.8. The highest BCUT2D eigenvalue weighted by atomic mass is 79.9. The molecule has 4 heteroatoms. The number of hydrogen-bond acceptors (Lipinski definition) is 1. The molecule has 230 valence electrons. The minimum Gasteiger partial charge on any atom is -1.00 e. The Bertz CT molecular complexity index is 1250. The molecule has 0 aliphatic heterocycles. The number of nitrogens with zero attached hydrogens (tertiary/aromatic N) is 2. The molecular weight excluding hydrogens is 580 g/mol. The highest BCUT2D eigenvalue weighted by molar-refractivity contribution is 5.94. The SMILES string of the molecule is CC(C)CCC[C@@H](C)[C@H]1CC[C@H]2[C@@H]3CC=C4C[C@H](n5cc[n+](CC(=O)c6ccccc6)c5)CC[C@]4(C)[C@H]3CC[C@]12C.[Br-]. The van der Waals surface area contributed by atoms with E-state index in [1.165, 1.54) is 70.6 Å². The number of imidazole rings is 1. The van der Waals surface area contributed by atoms with Crippen LogP contribution in [0.2, 0.25) is 0 Å². The van der Waals surface area contributed by atoms with Gasteiger partial charge < -0.3 is 17.0 Å². The van der Waals surface area contributed by atoms with Gasteiger partial charge in [0.2, 0.25) is 12.1 Å². The molecule has 1 aromatic heterocycles. The predicted molar refractivity (Wildman–Crippen MR) is 167 cm³/mol. The van der Waals surface area contributed by atoms with Crippen LogP contribution in [0.25, 0.3) is 0 Å². The van der Waals surface area contributed by atoms with Gasteiger partial charge in [-0.25, -0.2) is 9.13 Å². The molecule has 42 heavy (non-hydrogen) atoms. The molecule has 3 saturated carbocycles. The number of hydrogen-bond donors (Lipinski definition) is 0. The summed E-state index contributed by atoms with van der Waals surface area (Å²) in [7, 11) is 0. The molecule has 6 rings (SSSR count). The summed E-state index contributed by atoms with van der Waals surface area (Å²) in [4.78, 5) is 12.8. The molecule has 0 unspecified atom stereocenters. The molecule has 8 atom stereocenters. The van der Waals surface area contributed by atoms with Crippen LogP contribution >= 0.6 is 0 Å². The molecular formula is C38H55BrN2O. The van der Waals surface area contributed by atoms with E-state index >= 15 is 0 Å². The topological polar surface area (TPSA) is 25.9 Å². The van der Waals surface area contributed by atoms with Gasteiger partial charge in [0.25, 0.3) is 0 Å². The van der Waals surface area contributed by atoms with Crippen molar-refractivity contribution in [3.8, 4) is 0 Å². The first-order valence-electron chi connectivity index (χ1n) is 17.0. The van der Waals surface area contributed by atoms with Crippen LogP contribution in [0.4, 0.5) is 0 Å². The van der Waals surface area contributed by atoms with Crippen molar-refractivity contribution in [3.05, 3.63) is 66.3 Å². The number of rotatable bonds is 9. The average molecular weight is 636 g/mol. The fraction of sp³-hybridized carbons (Fsp3) is 0.684. The maximum Gasteiger partial charge on any atom is 0.244 e. The summed E-state index contributed by atoms with van der Waals surface area (Å²) in [5.74, 6) is 5.52. The van der Waals surface area contributed by atoms with Gasteiger partial charge in [-0.3, -0.25) is 4.79 Å². The Balaban J connectivity index is 0.00000353. The second-order valence-electron chi connectivity index (χ2n) is 15.5. The van der Waals surface area contributed by atoms with Crippen molar-refractivity contribution in [1.82, 2.24) is 4.57 Å². The number of halogens is 1. The molecule has 0 N–H and O–H groups in total. The Morgan fingerprint density at radius 2 is 1.79 bits per heavy atom. The highest BCUT2D eigenvalue weighted by Gasteiger charge is 2.59. The van der Waals surface area contributed by atoms with E-state index in [1.807, 2.05) is 30.3 Å². The monoisotopic (exact) mass is 634 g/mol. The smallest absolute Gasteiger partial charge is 0.244 e. The van der Waals surface area contributed by atoms with Gasteiger partial charge in [-0.2, -0.15) is 0 Å². The van der Waals surface area contributed by atoms with Gasteiger partial charge in [-0.1, -0.05) is 95.9 Å². The van der Waals surface area contributed by atoms with Crippen molar-refractivity contribution < 1.29 is 26.3 Å². The lowest BCUT2D eigenvalue weighted by Gasteiger charge is -2.58. The maximum absolute atomic E-state index is 12.8. The van der Waals surface area contributed by atoms with Gasteiger partial charge in [-0.15, -0.1) is 0 Å². The third kappa shape index (κ3) is 5.87. The number of carbonyl (C=O) groups excluding carboxylic acids is 1. The Kier molecular flexibility index (Phi) is 9.63. The summed E-state index contributed by atoms with van der Waals surface area (Å²) in [5.41, 5.74) is 3.48. The zero-order valence-corrected chi connectivity index (χ0v) is 28.5. The van der Waals surface area contributed by atoms with Crippen molar-refractivity contribution in [3.63, 3.8) is 0 Å². The summed E-state index contributed by atoms with van der Waals surface area (Å²) >= 11 is 0. The second kappa shape index (κ2) is 12.7. The van der Waals surface area contributed by atoms with Gasteiger partial charge in [-0.05, 0) is 91.3 Å². The molecule has 0 radical (unpaired) electrons. The minimum atomic E-state index is 0. The zero-order chi connectivity index (χ0) is 28.8. The van der Waals surface area contributed by atoms with Crippen LogP contribution in [0.3, 0.4) is 0 Å². The van der Waals surface area contributed by atoms with Crippen LogP contribution in [-0.2, 0) is 6.54 Å². The lowest BCUT2D eigenvalue weighted by atomic mass is 9.47. The van der Waals surface area contributed by atoms with E-state index < -0.39 is 0 Å². The Morgan fingerprint density at radius 3 is 2.55 bits per heavy atom. The lowest BCUT2D eigenvalue weighted by Crippen LogP contribution is -3.00. The molecule has 4 aliphatic carbocycles. The number of allylic oxidation sites excluding steroid dienone is 2. The van der Waals surface area contributed by atoms with Gasteiger partial charge in [0.15, 0.2) is 6.54 Å². The fourth-order valence-electron chi connectivity index (χ4n) is 10.5. The number of aromatic nitrogens is 2. The summed E-state index contributed by atoms with van der Waals surface area (Å²) in [6.45, 7) is 13.1. The summed E-state index contributed by atoms with van der Waals surface area (Å²) < 4.78 is 4.46. The van der Waals surface area contributed by atoms with Gasteiger partial charge in [0.05, 0.1) is 0 Å². The predicted octanol–water partition coefficient (Wildman–Crippen LogP) is 6.25. The first-order valence-corrected chi connectivity index (χ1v) is 17.0. The molecule has 3 nitrogen and oxygen atoms in total. The summed E-state index contributed by atoms with van der Waals surface area (Å²) in [6.07, 6.45) is 24.3. The largest absolute Gasteiger partial charge is 1.00 e. The van der Waals surface area contributed by atoms with E-state index in [9.17, 15) is 4.79 Å². The number of benzene rings is 1.